The normalized spacial score (nSPS) is 22.2. The molecule has 1 aromatic carbocycles. The molecule has 0 spiro atoms. The number of aryl methyl sites for hydroxylation is 1. The van der Waals surface area contributed by atoms with Crippen LogP contribution in [0.25, 0.3) is 22.3 Å². The van der Waals surface area contributed by atoms with Gasteiger partial charge in [0.1, 0.15) is 12.4 Å². The number of amides is 1. The number of nitrogens with zero attached hydrogens (tertiary/aromatic N) is 2. The molecule has 192 valence electrons. The molecule has 0 unspecified atom stereocenters. The van der Waals surface area contributed by atoms with E-state index in [-0.39, 0.29) is 42.4 Å². The average molecular weight is 508 g/mol. The van der Waals surface area contributed by atoms with Crippen molar-refractivity contribution in [2.24, 2.45) is 0 Å². The van der Waals surface area contributed by atoms with Crippen molar-refractivity contribution >= 4 is 22.8 Å². The summed E-state index contributed by atoms with van der Waals surface area (Å²) < 4.78 is 21.5. The zero-order valence-corrected chi connectivity index (χ0v) is 20.6. The third-order valence-corrected chi connectivity index (χ3v) is 7.82. The highest BCUT2D eigenvalue weighted by Gasteiger charge is 2.43. The van der Waals surface area contributed by atoms with Crippen LogP contribution >= 0.6 is 0 Å². The Kier molecular flexibility index (Phi) is 5.09. The van der Waals surface area contributed by atoms with Gasteiger partial charge in [-0.05, 0) is 56.4 Å². The first kappa shape index (κ1) is 23.7. The van der Waals surface area contributed by atoms with Crippen molar-refractivity contribution in [1.29, 1.82) is 0 Å². The van der Waals surface area contributed by atoms with Crippen molar-refractivity contribution in [3.05, 3.63) is 61.7 Å². The maximum atomic E-state index is 14.9. The number of carbonyl (C=O) groups is 2. The number of aliphatic hydroxyl groups is 2. The Morgan fingerprint density at radius 2 is 2.08 bits per heavy atom. The Morgan fingerprint density at radius 3 is 2.81 bits per heavy atom. The summed E-state index contributed by atoms with van der Waals surface area (Å²) in [5.41, 5.74) is 2.10. The van der Waals surface area contributed by atoms with E-state index in [1.54, 1.807) is 19.9 Å². The zero-order chi connectivity index (χ0) is 26.4. The molecule has 0 saturated heterocycles. The van der Waals surface area contributed by atoms with Gasteiger partial charge in [0.15, 0.2) is 5.60 Å². The van der Waals surface area contributed by atoms with E-state index in [4.69, 9.17) is 9.72 Å². The smallest absolute Gasteiger partial charge is 0.342 e. The number of halogens is 1. The Hall–Kier alpha value is -3.63. The highest BCUT2D eigenvalue weighted by Crippen LogP contribution is 2.45. The maximum Gasteiger partial charge on any atom is 0.342 e. The Bertz CT molecular complexity index is 1610. The van der Waals surface area contributed by atoms with Crippen LogP contribution in [-0.2, 0) is 39.5 Å². The minimum Gasteiger partial charge on any atom is -0.458 e. The molecule has 6 rings (SSSR count). The molecule has 10 heteroatoms. The molecule has 0 fully saturated rings. The number of pyridine rings is 2. The summed E-state index contributed by atoms with van der Waals surface area (Å²) in [5.74, 6) is -1.54. The number of benzene rings is 1. The zero-order valence-electron chi connectivity index (χ0n) is 20.6. The number of fused-ring (bicyclic) bond motifs is 5. The van der Waals surface area contributed by atoms with Gasteiger partial charge >= 0.3 is 5.97 Å². The second-order valence-corrected chi connectivity index (χ2v) is 10.4. The first-order valence-electron chi connectivity index (χ1n) is 12.3. The predicted octanol–water partition coefficient (Wildman–Crippen LogP) is 2.01. The van der Waals surface area contributed by atoms with E-state index in [2.05, 4.69) is 5.32 Å². The van der Waals surface area contributed by atoms with Gasteiger partial charge in [-0.1, -0.05) is 0 Å². The van der Waals surface area contributed by atoms with E-state index in [0.29, 0.717) is 35.3 Å². The first-order valence-corrected chi connectivity index (χ1v) is 12.3. The van der Waals surface area contributed by atoms with Crippen molar-refractivity contribution in [3.8, 4) is 11.4 Å². The number of ether oxygens (including phenoxy) is 1. The number of esters is 1. The van der Waals surface area contributed by atoms with E-state index in [9.17, 15) is 29.0 Å². The number of carbonyl (C=O) groups excluding carboxylic acids is 2. The van der Waals surface area contributed by atoms with Crippen LogP contribution in [0.5, 0.6) is 0 Å². The number of hydrogen-bond donors (Lipinski definition) is 3. The van der Waals surface area contributed by atoms with Gasteiger partial charge in [0.25, 0.3) is 5.56 Å². The van der Waals surface area contributed by atoms with Crippen molar-refractivity contribution < 1.29 is 28.9 Å². The molecule has 0 radical (unpaired) electrons. The summed E-state index contributed by atoms with van der Waals surface area (Å²) in [6, 6.07) is 2.53. The van der Waals surface area contributed by atoms with E-state index >= 15 is 0 Å². The number of aliphatic hydroxyl groups excluding tert-OH is 1. The summed E-state index contributed by atoms with van der Waals surface area (Å²) in [6.07, 6.45) is 0.198. The number of hydrogen-bond acceptors (Lipinski definition) is 7. The third-order valence-electron chi connectivity index (χ3n) is 7.82. The topological polar surface area (TPSA) is 131 Å². The molecule has 3 aliphatic rings. The minimum atomic E-state index is -2.00. The molecule has 2 aliphatic heterocycles. The molecule has 1 aliphatic carbocycles. The summed E-state index contributed by atoms with van der Waals surface area (Å²) in [7, 11) is 0. The lowest BCUT2D eigenvalue weighted by atomic mass is 9.81. The SMILES string of the molecule is Cc1c(F)cc2nc3c(c4c2c1CC[C@@H]4NC(=O)C[C@H](C)O)Cn1c-3cc2c(c1=O)COC(=O)[C@@]2(C)O. The summed E-state index contributed by atoms with van der Waals surface area (Å²) in [5, 5.41) is 24.3. The fourth-order valence-electron chi connectivity index (χ4n) is 5.97. The van der Waals surface area contributed by atoms with Gasteiger partial charge in [-0.25, -0.2) is 14.2 Å². The van der Waals surface area contributed by atoms with Gasteiger partial charge < -0.3 is 24.8 Å². The van der Waals surface area contributed by atoms with E-state index in [1.165, 1.54) is 17.6 Å². The summed E-state index contributed by atoms with van der Waals surface area (Å²) in [4.78, 5) is 43.2. The lowest BCUT2D eigenvalue weighted by Gasteiger charge is -2.30. The second kappa shape index (κ2) is 7.93. The van der Waals surface area contributed by atoms with Crippen LogP contribution in [0.4, 0.5) is 4.39 Å². The highest BCUT2D eigenvalue weighted by atomic mass is 19.1. The number of aromatic nitrogens is 2. The number of rotatable bonds is 3. The summed E-state index contributed by atoms with van der Waals surface area (Å²) >= 11 is 0. The van der Waals surface area contributed by atoms with E-state index in [0.717, 1.165) is 22.1 Å². The lowest BCUT2D eigenvalue weighted by molar-refractivity contribution is -0.169. The quantitative estimate of drug-likeness (QED) is 0.362. The molecule has 3 aromatic rings. The standard InChI is InChI=1S/C27H26FN3O6/c1-11(32)6-21(33)29-18-5-4-13-12(2)17(28)8-19-22(13)23(18)14-9-31-20(24(14)30-19)7-16-15(25(31)34)10-37-26(35)27(16,3)36/h7-8,11,18,32,36H,4-6,9-10H2,1-3H3,(H,29,33)/t11-,18-,27-/m0/s1. The van der Waals surface area contributed by atoms with E-state index in [1.807, 2.05) is 0 Å². The van der Waals surface area contributed by atoms with Gasteiger partial charge in [-0.15, -0.1) is 0 Å². The number of nitrogens with one attached hydrogen (secondary N) is 1. The Labute approximate surface area is 210 Å². The molecule has 37 heavy (non-hydrogen) atoms. The lowest BCUT2D eigenvalue weighted by Crippen LogP contribution is -2.42. The van der Waals surface area contributed by atoms with Crippen LogP contribution in [0.1, 0.15) is 66.1 Å². The van der Waals surface area contributed by atoms with Crippen LogP contribution in [0.2, 0.25) is 0 Å². The molecule has 3 N–H and O–H groups in total. The predicted molar refractivity (Wildman–Crippen MR) is 130 cm³/mol. The molecule has 9 nitrogen and oxygen atoms in total. The molecule has 3 atom stereocenters. The third kappa shape index (κ3) is 3.35. The van der Waals surface area contributed by atoms with Gasteiger partial charge in [0.05, 0.1) is 47.6 Å². The van der Waals surface area contributed by atoms with Crippen LogP contribution < -0.4 is 10.9 Å². The van der Waals surface area contributed by atoms with Crippen LogP contribution in [0.3, 0.4) is 0 Å². The minimum absolute atomic E-state index is 0.0578. The van der Waals surface area contributed by atoms with Crippen molar-refractivity contribution in [2.75, 3.05) is 0 Å². The maximum absolute atomic E-state index is 14.9. The fourth-order valence-corrected chi connectivity index (χ4v) is 5.97. The fraction of sp³-hybridized carbons (Fsp3) is 0.407. The first-order chi connectivity index (χ1) is 17.5. The largest absolute Gasteiger partial charge is 0.458 e. The summed E-state index contributed by atoms with van der Waals surface area (Å²) in [6.45, 7) is 4.48. The van der Waals surface area contributed by atoms with Crippen molar-refractivity contribution in [3.63, 3.8) is 0 Å². The molecule has 2 aromatic heterocycles. The second-order valence-electron chi connectivity index (χ2n) is 10.4. The number of cyclic esters (lactones) is 1. The van der Waals surface area contributed by atoms with Gasteiger partial charge in [-0.2, -0.15) is 0 Å². The molecular weight excluding hydrogens is 481 g/mol. The van der Waals surface area contributed by atoms with Crippen LogP contribution in [0, 0.1) is 12.7 Å². The van der Waals surface area contributed by atoms with Gasteiger partial charge in [0.2, 0.25) is 5.91 Å². The van der Waals surface area contributed by atoms with Crippen LogP contribution in [-0.4, -0.2) is 37.7 Å². The van der Waals surface area contributed by atoms with E-state index < -0.39 is 29.3 Å². The molecule has 0 saturated carbocycles. The average Bonchev–Trinajstić information content (AvgIpc) is 3.19. The van der Waals surface area contributed by atoms with Crippen molar-refractivity contribution in [1.82, 2.24) is 14.9 Å². The molecule has 4 heterocycles. The highest BCUT2D eigenvalue weighted by molar-refractivity contribution is 5.94. The monoisotopic (exact) mass is 507 g/mol. The Balaban J connectivity index is 1.61. The van der Waals surface area contributed by atoms with Gasteiger partial charge in [0, 0.05) is 22.6 Å². The Morgan fingerprint density at radius 1 is 1.32 bits per heavy atom. The van der Waals surface area contributed by atoms with Gasteiger partial charge in [-0.3, -0.25) is 9.59 Å². The molecule has 0 bridgehead atoms. The molecular formula is C27H26FN3O6. The molecule has 1 amide bonds. The van der Waals surface area contributed by atoms with Crippen molar-refractivity contribution in [2.45, 2.75) is 70.9 Å². The van der Waals surface area contributed by atoms with Crippen LogP contribution in [0.15, 0.2) is 16.9 Å².